The van der Waals surface area contributed by atoms with Crippen LogP contribution in [0.4, 0.5) is 10.1 Å². The highest BCUT2D eigenvalue weighted by Gasteiger charge is 2.32. The number of aromatic nitrogens is 3. The molecule has 0 fully saturated rings. The molecule has 5 rings (SSSR count). The number of hydrogen-bond donors (Lipinski definition) is 1. The van der Waals surface area contributed by atoms with Gasteiger partial charge in [-0.25, -0.2) is 21.2 Å². The van der Waals surface area contributed by atoms with Crippen LogP contribution in [0.1, 0.15) is 6.42 Å². The van der Waals surface area contributed by atoms with Crippen molar-refractivity contribution < 1.29 is 21.2 Å². The van der Waals surface area contributed by atoms with Crippen LogP contribution in [-0.2, 0) is 26.4 Å². The number of benzene rings is 2. The second-order valence-electron chi connectivity index (χ2n) is 7.80. The number of rotatable bonds is 5. The van der Waals surface area contributed by atoms with Gasteiger partial charge < -0.3 is 0 Å². The molecule has 2 aromatic carbocycles. The van der Waals surface area contributed by atoms with Gasteiger partial charge >= 0.3 is 0 Å². The van der Waals surface area contributed by atoms with Crippen molar-refractivity contribution in [2.24, 2.45) is 0 Å². The molecule has 34 heavy (non-hydrogen) atoms. The van der Waals surface area contributed by atoms with Crippen LogP contribution in [0.25, 0.3) is 22.4 Å². The smallest absolute Gasteiger partial charge is 0.261 e. The van der Waals surface area contributed by atoms with E-state index in [9.17, 15) is 21.2 Å². The van der Waals surface area contributed by atoms with Gasteiger partial charge in [0.1, 0.15) is 11.5 Å². The number of fused-ring (bicyclic) bond motifs is 1. The van der Waals surface area contributed by atoms with Gasteiger partial charge in [-0.15, -0.1) is 0 Å². The molecule has 2 aromatic heterocycles. The molecule has 1 aliphatic heterocycles. The van der Waals surface area contributed by atoms with Gasteiger partial charge in [0.2, 0.25) is 0 Å². The SMILES string of the molecule is O=S1(=O)CCCn2nc(-c3cccc(NS(=O)(=O)c4cccc(F)c4)c3)c(-c3ccncc3)c21. The van der Waals surface area contributed by atoms with Gasteiger partial charge in [0, 0.05) is 35.8 Å². The van der Waals surface area contributed by atoms with Crippen LogP contribution >= 0.6 is 0 Å². The summed E-state index contributed by atoms with van der Waals surface area (Å²) in [7, 11) is -7.59. The lowest BCUT2D eigenvalue weighted by Crippen LogP contribution is -2.21. The van der Waals surface area contributed by atoms with Crippen LogP contribution in [0, 0.1) is 5.82 Å². The number of hydrogen-bond acceptors (Lipinski definition) is 6. The monoisotopic (exact) mass is 498 g/mol. The Bertz CT molecular complexity index is 1600. The standard InChI is InChI=1S/C23H19FN4O4S2/c24-18-5-2-7-20(15-18)34(31,32)27-19-6-1-4-17(14-19)22-21(16-8-10-25-11-9-16)23-28(26-22)12-3-13-33(23,29)30/h1-2,4-11,14-15,27H,3,12-13H2. The Morgan fingerprint density at radius 1 is 0.971 bits per heavy atom. The third-order valence-electron chi connectivity index (χ3n) is 5.45. The van der Waals surface area contributed by atoms with Crippen molar-refractivity contribution in [2.45, 2.75) is 22.9 Å². The first-order valence-electron chi connectivity index (χ1n) is 10.4. The largest absolute Gasteiger partial charge is 0.280 e. The van der Waals surface area contributed by atoms with Gasteiger partial charge in [-0.1, -0.05) is 18.2 Å². The minimum atomic E-state index is -4.04. The number of sulfonamides is 1. The summed E-state index contributed by atoms with van der Waals surface area (Å²) >= 11 is 0. The fourth-order valence-corrected chi connectivity index (χ4v) is 6.74. The van der Waals surface area contributed by atoms with E-state index < -0.39 is 25.7 Å². The maximum atomic E-state index is 13.5. The third kappa shape index (κ3) is 4.08. The molecule has 0 radical (unpaired) electrons. The van der Waals surface area contributed by atoms with Crippen molar-refractivity contribution >= 4 is 25.5 Å². The van der Waals surface area contributed by atoms with Gasteiger partial charge in [0.05, 0.1) is 10.6 Å². The van der Waals surface area contributed by atoms with Gasteiger partial charge in [-0.2, -0.15) is 5.10 Å². The zero-order valence-corrected chi connectivity index (χ0v) is 19.4. The summed E-state index contributed by atoms with van der Waals surface area (Å²) < 4.78 is 68.9. The number of halogens is 1. The Morgan fingerprint density at radius 3 is 2.50 bits per heavy atom. The molecule has 4 aromatic rings. The highest BCUT2D eigenvalue weighted by molar-refractivity contribution is 7.92. The Labute approximate surface area is 196 Å². The molecule has 1 N–H and O–H groups in total. The summed E-state index contributed by atoms with van der Waals surface area (Å²) in [6, 6.07) is 14.6. The Kier molecular flexibility index (Phi) is 5.45. The van der Waals surface area contributed by atoms with Crippen molar-refractivity contribution in [1.29, 1.82) is 0 Å². The van der Waals surface area contributed by atoms with E-state index in [1.54, 1.807) is 48.8 Å². The quantitative estimate of drug-likeness (QED) is 0.449. The van der Waals surface area contributed by atoms with Crippen LogP contribution in [0.2, 0.25) is 0 Å². The highest BCUT2D eigenvalue weighted by atomic mass is 32.2. The van der Waals surface area contributed by atoms with Crippen molar-refractivity contribution in [3.05, 3.63) is 78.9 Å². The molecule has 1 aliphatic rings. The van der Waals surface area contributed by atoms with E-state index in [1.807, 2.05) is 0 Å². The molecule has 8 nitrogen and oxygen atoms in total. The molecule has 11 heteroatoms. The van der Waals surface area contributed by atoms with E-state index in [1.165, 1.54) is 16.8 Å². The van der Waals surface area contributed by atoms with E-state index in [4.69, 9.17) is 0 Å². The molecule has 3 heterocycles. The summed E-state index contributed by atoms with van der Waals surface area (Å²) in [5.74, 6) is -0.632. The molecular formula is C23H19FN4O4S2. The molecule has 0 spiro atoms. The molecule has 0 saturated carbocycles. The number of nitrogens with one attached hydrogen (secondary N) is 1. The summed E-state index contributed by atoms with van der Waals surface area (Å²) in [5, 5.41) is 4.73. The van der Waals surface area contributed by atoms with Crippen LogP contribution < -0.4 is 4.72 Å². The first-order valence-corrected chi connectivity index (χ1v) is 13.5. The summed E-state index contributed by atoms with van der Waals surface area (Å²) in [6.45, 7) is 0.457. The number of pyridine rings is 1. The molecule has 0 bridgehead atoms. The lowest BCUT2D eigenvalue weighted by molar-refractivity contribution is 0.504. The van der Waals surface area contributed by atoms with Gasteiger partial charge in [-0.05, 0) is 54.4 Å². The van der Waals surface area contributed by atoms with Crippen molar-refractivity contribution in [1.82, 2.24) is 14.8 Å². The van der Waals surface area contributed by atoms with Gasteiger partial charge in [0.25, 0.3) is 10.0 Å². The lowest BCUT2D eigenvalue weighted by atomic mass is 10.0. The minimum absolute atomic E-state index is 0.0314. The van der Waals surface area contributed by atoms with E-state index in [0.717, 1.165) is 12.1 Å². The van der Waals surface area contributed by atoms with Gasteiger partial charge in [-0.3, -0.25) is 14.4 Å². The molecule has 0 aliphatic carbocycles. The van der Waals surface area contributed by atoms with E-state index in [2.05, 4.69) is 14.8 Å². The molecular weight excluding hydrogens is 479 g/mol. The average molecular weight is 499 g/mol. The molecule has 174 valence electrons. The summed E-state index contributed by atoms with van der Waals surface area (Å²) in [6.07, 6.45) is 3.60. The second-order valence-corrected chi connectivity index (χ2v) is 11.5. The van der Waals surface area contributed by atoms with Gasteiger partial charge in [0.15, 0.2) is 14.9 Å². The molecule has 0 saturated heterocycles. The van der Waals surface area contributed by atoms with E-state index in [-0.39, 0.29) is 21.4 Å². The highest BCUT2D eigenvalue weighted by Crippen LogP contribution is 2.39. The average Bonchev–Trinajstić information content (AvgIpc) is 3.21. The molecule has 0 amide bonds. The van der Waals surface area contributed by atoms with Crippen LogP contribution in [-0.4, -0.2) is 37.4 Å². The van der Waals surface area contributed by atoms with Crippen LogP contribution in [0.15, 0.2) is 83.0 Å². The normalized spacial score (nSPS) is 15.0. The van der Waals surface area contributed by atoms with Crippen LogP contribution in [0.3, 0.4) is 0 Å². The maximum Gasteiger partial charge on any atom is 0.261 e. The van der Waals surface area contributed by atoms with Crippen molar-refractivity contribution in [2.75, 3.05) is 10.5 Å². The Morgan fingerprint density at radius 2 is 1.74 bits per heavy atom. The molecule has 0 unspecified atom stereocenters. The first-order chi connectivity index (χ1) is 16.2. The second kappa shape index (κ2) is 8.33. The molecule has 0 atom stereocenters. The predicted octanol–water partition coefficient (Wildman–Crippen LogP) is 3.73. The fourth-order valence-electron chi connectivity index (χ4n) is 3.97. The summed E-state index contributed by atoms with van der Waals surface area (Å²) in [4.78, 5) is 3.81. The summed E-state index contributed by atoms with van der Waals surface area (Å²) in [5.41, 5.74) is 2.27. The number of sulfone groups is 1. The topological polar surface area (TPSA) is 111 Å². The number of nitrogens with zero attached hydrogens (tertiary/aromatic N) is 3. The minimum Gasteiger partial charge on any atom is -0.280 e. The van der Waals surface area contributed by atoms with Crippen LogP contribution in [0.5, 0.6) is 0 Å². The Hall–Kier alpha value is -3.57. The third-order valence-corrected chi connectivity index (χ3v) is 8.66. The Balaban J connectivity index is 1.62. The fraction of sp³-hybridized carbons (Fsp3) is 0.130. The zero-order valence-electron chi connectivity index (χ0n) is 17.7. The van der Waals surface area contributed by atoms with Crippen molar-refractivity contribution in [3.63, 3.8) is 0 Å². The number of anilines is 1. The number of aryl methyl sites for hydroxylation is 1. The van der Waals surface area contributed by atoms with E-state index >= 15 is 0 Å². The van der Waals surface area contributed by atoms with Crippen molar-refractivity contribution in [3.8, 4) is 22.4 Å². The predicted molar refractivity (Wildman–Crippen MR) is 125 cm³/mol. The first kappa shape index (κ1) is 22.2. The van der Waals surface area contributed by atoms with E-state index in [0.29, 0.717) is 35.3 Å². The zero-order chi connectivity index (χ0) is 23.9. The maximum absolute atomic E-state index is 13.5. The lowest BCUT2D eigenvalue weighted by Gasteiger charge is -2.15.